The zero-order chi connectivity index (χ0) is 28.1. The minimum Gasteiger partial charge on any atom is -0.465 e. The van der Waals surface area contributed by atoms with Crippen molar-refractivity contribution in [3.63, 3.8) is 0 Å². The van der Waals surface area contributed by atoms with Crippen LogP contribution in [-0.4, -0.2) is 54.9 Å². The van der Waals surface area contributed by atoms with Gasteiger partial charge in [0.15, 0.2) is 5.79 Å². The monoisotopic (exact) mass is 536 g/mol. The number of hydrogen-bond acceptors (Lipinski definition) is 7. The van der Waals surface area contributed by atoms with E-state index < -0.39 is 11.4 Å². The summed E-state index contributed by atoms with van der Waals surface area (Å²) in [5.41, 5.74) is -1.16. The van der Waals surface area contributed by atoms with Crippen LogP contribution in [0.4, 0.5) is 0 Å². The summed E-state index contributed by atoms with van der Waals surface area (Å²) in [4.78, 5) is 24.7. The van der Waals surface area contributed by atoms with Crippen molar-refractivity contribution in [2.45, 2.75) is 130 Å². The number of esters is 2. The summed E-state index contributed by atoms with van der Waals surface area (Å²) >= 11 is 0. The number of rotatable bonds is 7. The Labute approximate surface area is 230 Å². The van der Waals surface area contributed by atoms with Crippen LogP contribution >= 0.6 is 0 Å². The van der Waals surface area contributed by atoms with E-state index in [1.54, 1.807) is 0 Å². The van der Waals surface area contributed by atoms with Crippen molar-refractivity contribution in [2.75, 3.05) is 19.8 Å². The van der Waals surface area contributed by atoms with Gasteiger partial charge in [-0.15, -0.1) is 0 Å². The third-order valence-electron chi connectivity index (χ3n) is 10.6. The van der Waals surface area contributed by atoms with Crippen LogP contribution in [0.1, 0.15) is 107 Å². The first-order valence-electron chi connectivity index (χ1n) is 14.9. The fourth-order valence-corrected chi connectivity index (χ4v) is 8.22. The second-order valence-electron chi connectivity index (χ2n) is 14.3. The van der Waals surface area contributed by atoms with E-state index in [-0.39, 0.29) is 59.5 Å². The molecule has 0 radical (unpaired) electrons. The quantitative estimate of drug-likeness (QED) is 0.366. The topological polar surface area (TPSA) is 80.3 Å². The van der Waals surface area contributed by atoms with E-state index >= 15 is 0 Å². The lowest BCUT2D eigenvalue weighted by Crippen LogP contribution is -2.69. The van der Waals surface area contributed by atoms with Gasteiger partial charge < -0.3 is 23.7 Å². The third-order valence-corrected chi connectivity index (χ3v) is 10.6. The molecule has 2 saturated heterocycles. The minimum atomic E-state index is -0.666. The Morgan fingerprint density at radius 3 is 2.21 bits per heavy atom. The van der Waals surface area contributed by atoms with Crippen LogP contribution in [-0.2, 0) is 33.3 Å². The van der Waals surface area contributed by atoms with Crippen molar-refractivity contribution < 1.29 is 33.3 Å². The smallest absolute Gasteiger partial charge is 0.308 e. The lowest BCUT2D eigenvalue weighted by atomic mass is 9.43. The maximum Gasteiger partial charge on any atom is 0.308 e. The SMILES string of the molecule is CC(C)C(=O)OCCC1(COC(=O)C(C)C)CC[C@]2(O1)[C@H](C)CCC1[C@]3(C)COC(C)(C)O[C@H]3CC[C@@]12C. The number of ether oxygens (including phenoxy) is 5. The molecular weight excluding hydrogens is 484 g/mol. The number of hydrogen-bond donors (Lipinski definition) is 0. The fourth-order valence-electron chi connectivity index (χ4n) is 8.22. The first-order chi connectivity index (χ1) is 17.6. The summed E-state index contributed by atoms with van der Waals surface area (Å²) in [6.45, 7) is 19.7. The predicted molar refractivity (Wildman–Crippen MR) is 144 cm³/mol. The molecule has 0 N–H and O–H groups in total. The Morgan fingerprint density at radius 2 is 1.55 bits per heavy atom. The van der Waals surface area contributed by atoms with E-state index in [2.05, 4.69) is 20.8 Å². The van der Waals surface area contributed by atoms with Gasteiger partial charge in [-0.3, -0.25) is 9.59 Å². The molecule has 2 aliphatic carbocycles. The first-order valence-corrected chi connectivity index (χ1v) is 14.9. The van der Waals surface area contributed by atoms with E-state index in [0.717, 1.165) is 38.5 Å². The van der Waals surface area contributed by atoms with Crippen LogP contribution in [0, 0.1) is 34.5 Å². The van der Waals surface area contributed by atoms with Gasteiger partial charge in [-0.25, -0.2) is 0 Å². The molecule has 218 valence electrons. The molecule has 0 aromatic rings. The molecule has 7 atom stereocenters. The normalized spacial score (nSPS) is 42.1. The second-order valence-corrected chi connectivity index (χ2v) is 14.3. The van der Waals surface area contributed by atoms with Crippen LogP contribution in [0.3, 0.4) is 0 Å². The van der Waals surface area contributed by atoms with Crippen molar-refractivity contribution in [3.8, 4) is 0 Å². The highest BCUT2D eigenvalue weighted by Gasteiger charge is 2.70. The standard InChI is InChI=1S/C31H52O7/c1-20(2)25(32)34-17-16-30(19-35-26(33)21(3)4)14-15-31(38-30)22(5)10-11-23-28(8)18-36-27(6,7)37-24(28)12-13-29(23,31)9/h20-24H,10-19H2,1-9H3/t22-,23?,24+,28+,29+,30?,31+/m1/s1. The van der Waals surface area contributed by atoms with Crippen molar-refractivity contribution in [1.29, 1.82) is 0 Å². The molecule has 4 fully saturated rings. The highest BCUT2D eigenvalue weighted by Crippen LogP contribution is 2.69. The zero-order valence-electron chi connectivity index (χ0n) is 25.3. The van der Waals surface area contributed by atoms with E-state index in [9.17, 15) is 9.59 Å². The van der Waals surface area contributed by atoms with Gasteiger partial charge >= 0.3 is 11.9 Å². The summed E-state index contributed by atoms with van der Waals surface area (Å²) in [6.07, 6.45) is 6.60. The highest BCUT2D eigenvalue weighted by molar-refractivity contribution is 5.71. The van der Waals surface area contributed by atoms with Gasteiger partial charge in [0.2, 0.25) is 0 Å². The van der Waals surface area contributed by atoms with Crippen molar-refractivity contribution in [1.82, 2.24) is 0 Å². The molecule has 2 unspecified atom stereocenters. The van der Waals surface area contributed by atoms with Gasteiger partial charge in [0.1, 0.15) is 12.2 Å². The van der Waals surface area contributed by atoms with Crippen molar-refractivity contribution in [2.24, 2.45) is 34.5 Å². The molecule has 7 heteroatoms. The van der Waals surface area contributed by atoms with Crippen molar-refractivity contribution >= 4 is 11.9 Å². The Kier molecular flexibility index (Phi) is 8.10. The lowest BCUT2D eigenvalue weighted by molar-refractivity contribution is -0.359. The van der Waals surface area contributed by atoms with Gasteiger partial charge in [0.05, 0.1) is 36.8 Å². The Hall–Kier alpha value is -1.18. The Bertz CT molecular complexity index is 899. The first kappa shape index (κ1) is 29.8. The largest absolute Gasteiger partial charge is 0.465 e. The molecular formula is C31H52O7. The number of carbonyl (C=O) groups excluding carboxylic acids is 2. The summed E-state index contributed by atoms with van der Waals surface area (Å²) in [7, 11) is 0. The maximum atomic E-state index is 12.5. The van der Waals surface area contributed by atoms with Crippen LogP contribution in [0.5, 0.6) is 0 Å². The van der Waals surface area contributed by atoms with Gasteiger partial charge in [-0.2, -0.15) is 0 Å². The third kappa shape index (κ3) is 5.05. The maximum absolute atomic E-state index is 12.5. The van der Waals surface area contributed by atoms with Crippen LogP contribution < -0.4 is 0 Å². The fraction of sp³-hybridized carbons (Fsp3) is 0.935. The zero-order valence-corrected chi connectivity index (χ0v) is 25.3. The van der Waals surface area contributed by atoms with Crippen LogP contribution in [0.2, 0.25) is 0 Å². The number of fused-ring (bicyclic) bond motifs is 4. The lowest BCUT2D eigenvalue weighted by Gasteiger charge is -2.67. The Morgan fingerprint density at radius 1 is 0.895 bits per heavy atom. The van der Waals surface area contributed by atoms with Crippen LogP contribution in [0.25, 0.3) is 0 Å². The number of carbonyl (C=O) groups is 2. The van der Waals surface area contributed by atoms with Crippen molar-refractivity contribution in [3.05, 3.63) is 0 Å². The molecule has 2 heterocycles. The molecule has 38 heavy (non-hydrogen) atoms. The Balaban J connectivity index is 1.62. The summed E-state index contributed by atoms with van der Waals surface area (Å²) < 4.78 is 31.5. The molecule has 4 aliphatic rings. The molecule has 2 saturated carbocycles. The summed E-state index contributed by atoms with van der Waals surface area (Å²) in [5.74, 6) is -0.607. The molecule has 0 aromatic carbocycles. The molecule has 4 rings (SSSR count). The van der Waals surface area contributed by atoms with Gasteiger partial charge in [0.25, 0.3) is 0 Å². The molecule has 0 amide bonds. The van der Waals surface area contributed by atoms with Gasteiger partial charge in [-0.1, -0.05) is 48.5 Å². The minimum absolute atomic E-state index is 0.0669. The highest BCUT2D eigenvalue weighted by atomic mass is 16.7. The molecule has 1 spiro atoms. The molecule has 0 bridgehead atoms. The molecule has 7 nitrogen and oxygen atoms in total. The van der Waals surface area contributed by atoms with Gasteiger partial charge in [-0.05, 0) is 64.2 Å². The summed E-state index contributed by atoms with van der Waals surface area (Å²) in [6, 6.07) is 0. The van der Waals surface area contributed by atoms with E-state index in [1.165, 1.54) is 0 Å². The summed E-state index contributed by atoms with van der Waals surface area (Å²) in [5, 5.41) is 0. The van der Waals surface area contributed by atoms with Gasteiger partial charge in [0, 0.05) is 17.3 Å². The van der Waals surface area contributed by atoms with E-state index in [0.29, 0.717) is 24.9 Å². The molecule has 0 aromatic heterocycles. The average Bonchev–Trinajstić information content (AvgIpc) is 3.23. The average molecular weight is 537 g/mol. The second kappa shape index (κ2) is 10.3. The van der Waals surface area contributed by atoms with E-state index in [4.69, 9.17) is 23.7 Å². The van der Waals surface area contributed by atoms with Crippen LogP contribution in [0.15, 0.2) is 0 Å². The van der Waals surface area contributed by atoms with E-state index in [1.807, 2.05) is 41.5 Å². The molecule has 2 aliphatic heterocycles. The predicted octanol–water partition coefficient (Wildman–Crippen LogP) is 6.07.